The van der Waals surface area contributed by atoms with Gasteiger partial charge in [0.05, 0.1) is 19.8 Å². The van der Waals surface area contributed by atoms with Crippen molar-refractivity contribution in [3.8, 4) is 17.2 Å². The Morgan fingerprint density at radius 1 is 1.08 bits per heavy atom. The maximum Gasteiger partial charge on any atom is 0.354 e. The summed E-state index contributed by atoms with van der Waals surface area (Å²) in [5, 5.41) is 2.57. The molecular formula is C19H17NO6. The summed E-state index contributed by atoms with van der Waals surface area (Å²) in [5.41, 5.74) is 0.938. The smallest absolute Gasteiger partial charge is 0.354 e. The van der Waals surface area contributed by atoms with Crippen LogP contribution in [0.25, 0.3) is 6.08 Å². The van der Waals surface area contributed by atoms with Crippen molar-refractivity contribution >= 4 is 18.0 Å². The second-order valence-electron chi connectivity index (χ2n) is 5.32. The fourth-order valence-corrected chi connectivity index (χ4v) is 2.45. The fraction of sp³-hybridized carbons (Fsp3) is 0.158. The third-order valence-electron chi connectivity index (χ3n) is 3.71. The van der Waals surface area contributed by atoms with E-state index in [0.717, 1.165) is 0 Å². The highest BCUT2D eigenvalue weighted by Crippen LogP contribution is 2.33. The average Bonchev–Trinajstić information content (AvgIpc) is 3.14. The molecule has 2 aromatic rings. The van der Waals surface area contributed by atoms with E-state index in [9.17, 15) is 9.59 Å². The zero-order valence-electron chi connectivity index (χ0n) is 14.3. The number of esters is 1. The Hall–Kier alpha value is -3.48. The molecule has 1 aliphatic rings. The Morgan fingerprint density at radius 3 is 2.62 bits per heavy atom. The van der Waals surface area contributed by atoms with E-state index in [1.54, 1.807) is 42.5 Å². The highest BCUT2D eigenvalue weighted by Gasteiger charge is 2.19. The number of fused-ring (bicyclic) bond motifs is 1. The van der Waals surface area contributed by atoms with Gasteiger partial charge in [-0.2, -0.15) is 0 Å². The molecule has 0 spiro atoms. The lowest BCUT2D eigenvalue weighted by molar-refractivity contribution is -0.136. The summed E-state index contributed by atoms with van der Waals surface area (Å²) >= 11 is 0. The van der Waals surface area contributed by atoms with E-state index in [0.29, 0.717) is 28.4 Å². The van der Waals surface area contributed by atoms with Crippen LogP contribution in [-0.2, 0) is 9.53 Å². The number of rotatable bonds is 5. The quantitative estimate of drug-likeness (QED) is 0.655. The van der Waals surface area contributed by atoms with Gasteiger partial charge in [-0.25, -0.2) is 4.79 Å². The normalized spacial score (nSPS) is 12.5. The molecule has 0 atom stereocenters. The van der Waals surface area contributed by atoms with Crippen LogP contribution in [-0.4, -0.2) is 32.9 Å². The Kier molecular flexibility index (Phi) is 5.07. The Balaban J connectivity index is 1.89. The predicted octanol–water partition coefficient (Wildman–Crippen LogP) is 2.37. The van der Waals surface area contributed by atoms with Crippen molar-refractivity contribution in [1.82, 2.24) is 5.32 Å². The molecule has 1 heterocycles. The molecule has 0 aliphatic carbocycles. The van der Waals surface area contributed by atoms with Crippen LogP contribution < -0.4 is 19.5 Å². The third-order valence-corrected chi connectivity index (χ3v) is 3.71. The number of hydrogen-bond donors (Lipinski definition) is 1. The second-order valence-corrected chi connectivity index (χ2v) is 5.32. The van der Waals surface area contributed by atoms with E-state index in [1.165, 1.54) is 20.3 Å². The zero-order chi connectivity index (χ0) is 18.5. The number of nitrogens with one attached hydrogen (secondary N) is 1. The molecule has 26 heavy (non-hydrogen) atoms. The van der Waals surface area contributed by atoms with Crippen molar-refractivity contribution in [2.24, 2.45) is 0 Å². The van der Waals surface area contributed by atoms with Gasteiger partial charge in [-0.05, 0) is 35.9 Å². The van der Waals surface area contributed by atoms with Gasteiger partial charge in [0.2, 0.25) is 6.79 Å². The van der Waals surface area contributed by atoms with Crippen LogP contribution >= 0.6 is 0 Å². The van der Waals surface area contributed by atoms with Gasteiger partial charge in [0, 0.05) is 0 Å². The lowest BCUT2D eigenvalue weighted by Gasteiger charge is -2.11. The van der Waals surface area contributed by atoms with E-state index < -0.39 is 11.9 Å². The van der Waals surface area contributed by atoms with Crippen LogP contribution in [0.4, 0.5) is 0 Å². The minimum atomic E-state index is -0.675. The molecular weight excluding hydrogens is 338 g/mol. The van der Waals surface area contributed by atoms with E-state index in [-0.39, 0.29) is 12.5 Å². The highest BCUT2D eigenvalue weighted by atomic mass is 16.7. The van der Waals surface area contributed by atoms with Crippen LogP contribution in [0.5, 0.6) is 17.2 Å². The first-order valence-corrected chi connectivity index (χ1v) is 7.76. The summed E-state index contributed by atoms with van der Waals surface area (Å²) in [7, 11) is 2.71. The number of carbonyl (C=O) groups is 2. The van der Waals surface area contributed by atoms with Gasteiger partial charge in [0.25, 0.3) is 5.91 Å². The van der Waals surface area contributed by atoms with Gasteiger partial charge >= 0.3 is 5.97 Å². The minimum absolute atomic E-state index is 0.0118. The molecule has 0 bridgehead atoms. The van der Waals surface area contributed by atoms with Gasteiger partial charge in [-0.15, -0.1) is 0 Å². The molecule has 0 radical (unpaired) electrons. The molecule has 3 rings (SSSR count). The zero-order valence-corrected chi connectivity index (χ0v) is 14.3. The maximum atomic E-state index is 12.5. The standard InChI is InChI=1S/C19H17NO6/c1-23-15-6-4-3-5-13(15)18(21)20-14(19(22)24-2)9-12-7-8-16-17(10-12)26-11-25-16/h3-10H,11H2,1-2H3,(H,20,21). The molecule has 1 aliphatic heterocycles. The largest absolute Gasteiger partial charge is 0.496 e. The third kappa shape index (κ3) is 3.61. The molecule has 0 unspecified atom stereocenters. The molecule has 0 fully saturated rings. The number of hydrogen-bond acceptors (Lipinski definition) is 6. The number of amides is 1. The molecule has 0 aromatic heterocycles. The first-order valence-electron chi connectivity index (χ1n) is 7.76. The van der Waals surface area contributed by atoms with E-state index >= 15 is 0 Å². The number of methoxy groups -OCH3 is 2. The van der Waals surface area contributed by atoms with Crippen molar-refractivity contribution in [2.75, 3.05) is 21.0 Å². The predicted molar refractivity (Wildman–Crippen MR) is 93.0 cm³/mol. The molecule has 7 heteroatoms. The number of carbonyl (C=O) groups excluding carboxylic acids is 2. The maximum absolute atomic E-state index is 12.5. The SMILES string of the molecule is COC(=O)C(=Cc1ccc2c(c1)OCO2)NC(=O)c1ccccc1OC. The second kappa shape index (κ2) is 7.60. The lowest BCUT2D eigenvalue weighted by Crippen LogP contribution is -2.28. The first-order chi connectivity index (χ1) is 12.6. The van der Waals surface area contributed by atoms with E-state index in [2.05, 4.69) is 5.32 Å². The minimum Gasteiger partial charge on any atom is -0.496 e. The fourth-order valence-electron chi connectivity index (χ4n) is 2.45. The van der Waals surface area contributed by atoms with Crippen LogP contribution in [0.15, 0.2) is 48.2 Å². The van der Waals surface area contributed by atoms with Crippen molar-refractivity contribution in [3.05, 3.63) is 59.3 Å². The van der Waals surface area contributed by atoms with Crippen molar-refractivity contribution in [1.29, 1.82) is 0 Å². The number of ether oxygens (including phenoxy) is 4. The molecule has 7 nitrogen and oxygen atoms in total. The number of para-hydroxylation sites is 1. The van der Waals surface area contributed by atoms with E-state index in [1.807, 2.05) is 0 Å². The van der Waals surface area contributed by atoms with Crippen LogP contribution in [0.3, 0.4) is 0 Å². The van der Waals surface area contributed by atoms with Crippen molar-refractivity contribution < 1.29 is 28.5 Å². The summed E-state index contributed by atoms with van der Waals surface area (Å²) in [6, 6.07) is 11.9. The van der Waals surface area contributed by atoms with Gasteiger partial charge in [0.1, 0.15) is 11.4 Å². The van der Waals surface area contributed by atoms with Gasteiger partial charge in [-0.3, -0.25) is 4.79 Å². The molecule has 0 saturated heterocycles. The molecule has 1 amide bonds. The van der Waals surface area contributed by atoms with Gasteiger partial charge in [-0.1, -0.05) is 18.2 Å². The summed E-state index contributed by atoms with van der Waals surface area (Å²) in [6.45, 7) is 0.150. The number of benzene rings is 2. The molecule has 2 aromatic carbocycles. The summed E-state index contributed by atoms with van der Waals surface area (Å²) in [4.78, 5) is 24.6. The molecule has 134 valence electrons. The van der Waals surface area contributed by atoms with E-state index in [4.69, 9.17) is 18.9 Å². The summed E-state index contributed by atoms with van der Waals surface area (Å²) in [6.07, 6.45) is 1.50. The Labute approximate surface area is 150 Å². The Morgan fingerprint density at radius 2 is 1.85 bits per heavy atom. The molecule has 0 saturated carbocycles. The summed E-state index contributed by atoms with van der Waals surface area (Å²) < 4.78 is 20.5. The summed E-state index contributed by atoms with van der Waals surface area (Å²) in [5.74, 6) is 0.432. The molecule has 1 N–H and O–H groups in total. The van der Waals surface area contributed by atoms with Crippen LogP contribution in [0.2, 0.25) is 0 Å². The Bertz CT molecular complexity index is 874. The van der Waals surface area contributed by atoms with Gasteiger partial charge in [0.15, 0.2) is 11.5 Å². The van der Waals surface area contributed by atoms with Crippen LogP contribution in [0.1, 0.15) is 15.9 Å². The van der Waals surface area contributed by atoms with Crippen LogP contribution in [0, 0.1) is 0 Å². The highest BCUT2D eigenvalue weighted by molar-refractivity contribution is 6.04. The van der Waals surface area contributed by atoms with Gasteiger partial charge < -0.3 is 24.3 Å². The lowest BCUT2D eigenvalue weighted by atomic mass is 10.1. The van der Waals surface area contributed by atoms with Crippen molar-refractivity contribution in [3.63, 3.8) is 0 Å². The average molecular weight is 355 g/mol. The monoisotopic (exact) mass is 355 g/mol. The first kappa shape index (κ1) is 17.3. The van der Waals surface area contributed by atoms with Crippen molar-refractivity contribution in [2.45, 2.75) is 0 Å². The topological polar surface area (TPSA) is 83.1 Å².